The van der Waals surface area contributed by atoms with Gasteiger partial charge in [0.05, 0.1) is 12.2 Å². The van der Waals surface area contributed by atoms with Crippen molar-refractivity contribution in [1.29, 1.82) is 0 Å². The summed E-state index contributed by atoms with van der Waals surface area (Å²) >= 11 is 0. The predicted molar refractivity (Wildman–Crippen MR) is 111 cm³/mol. The second-order valence-electron chi connectivity index (χ2n) is 6.94. The minimum atomic E-state index is -0.649. The number of ether oxygens (including phenoxy) is 2. The number of carbonyl (C=O) groups is 2. The Balaban J connectivity index is 1.88. The lowest BCUT2D eigenvalue weighted by Crippen LogP contribution is -2.30. The van der Waals surface area contributed by atoms with Crippen molar-refractivity contribution in [3.63, 3.8) is 0 Å². The molecule has 1 amide bonds. The summed E-state index contributed by atoms with van der Waals surface area (Å²) in [5.41, 5.74) is 3.20. The summed E-state index contributed by atoms with van der Waals surface area (Å²) in [7, 11) is 0. The van der Waals surface area contributed by atoms with E-state index in [1.807, 2.05) is 32.0 Å². The number of carbonyl (C=O) groups excluding carboxylic acids is 2. The Hall–Kier alpha value is -2.82. The topological polar surface area (TPSA) is 64.6 Å². The van der Waals surface area contributed by atoms with Gasteiger partial charge in [0, 0.05) is 5.69 Å². The first-order valence-corrected chi connectivity index (χ1v) is 9.72. The average molecular weight is 383 g/mol. The van der Waals surface area contributed by atoms with Crippen molar-refractivity contribution in [1.82, 2.24) is 0 Å². The third-order valence-corrected chi connectivity index (χ3v) is 4.37. The molecule has 0 aliphatic carbocycles. The van der Waals surface area contributed by atoms with E-state index in [0.717, 1.165) is 30.4 Å². The van der Waals surface area contributed by atoms with Gasteiger partial charge in [0.15, 0.2) is 6.10 Å². The summed E-state index contributed by atoms with van der Waals surface area (Å²) in [5, 5.41) is 2.80. The summed E-state index contributed by atoms with van der Waals surface area (Å²) in [6.07, 6.45) is 2.34. The molecule has 5 heteroatoms. The number of nitrogens with one attached hydrogen (secondary N) is 1. The van der Waals surface area contributed by atoms with Gasteiger partial charge in [0.25, 0.3) is 5.91 Å². The van der Waals surface area contributed by atoms with Crippen LogP contribution in [0.2, 0.25) is 0 Å². The van der Waals surface area contributed by atoms with E-state index in [1.54, 1.807) is 31.2 Å². The molecule has 0 aromatic heterocycles. The molecule has 0 saturated carbocycles. The molecule has 2 rings (SSSR count). The SMILES string of the molecule is CCCCCOC(=O)c1ccc(NC(=O)C(C)Oc2ccc(C)cc2C)cc1. The van der Waals surface area contributed by atoms with Crippen molar-refractivity contribution >= 4 is 17.6 Å². The molecule has 2 aromatic rings. The first-order chi connectivity index (χ1) is 13.4. The zero-order valence-corrected chi connectivity index (χ0v) is 17.1. The Morgan fingerprint density at radius 1 is 1.04 bits per heavy atom. The fourth-order valence-electron chi connectivity index (χ4n) is 2.71. The van der Waals surface area contributed by atoms with Crippen molar-refractivity contribution in [2.24, 2.45) is 0 Å². The highest BCUT2D eigenvalue weighted by molar-refractivity contribution is 5.95. The van der Waals surface area contributed by atoms with Gasteiger partial charge in [0.1, 0.15) is 5.75 Å². The summed E-state index contributed by atoms with van der Waals surface area (Å²) < 4.78 is 11.0. The second-order valence-corrected chi connectivity index (χ2v) is 6.94. The van der Waals surface area contributed by atoms with Crippen molar-refractivity contribution < 1.29 is 19.1 Å². The van der Waals surface area contributed by atoms with Gasteiger partial charge in [-0.05, 0) is 63.1 Å². The predicted octanol–water partition coefficient (Wildman–Crippen LogP) is 5.06. The number of amides is 1. The van der Waals surface area contributed by atoms with E-state index in [1.165, 1.54) is 0 Å². The van der Waals surface area contributed by atoms with Crippen LogP contribution in [-0.4, -0.2) is 24.6 Å². The Morgan fingerprint density at radius 2 is 1.75 bits per heavy atom. The lowest BCUT2D eigenvalue weighted by atomic mass is 10.1. The fraction of sp³-hybridized carbons (Fsp3) is 0.391. The van der Waals surface area contributed by atoms with Crippen LogP contribution >= 0.6 is 0 Å². The molecule has 0 radical (unpaired) electrons. The minimum absolute atomic E-state index is 0.255. The molecular weight excluding hydrogens is 354 g/mol. The zero-order valence-electron chi connectivity index (χ0n) is 17.1. The van der Waals surface area contributed by atoms with Gasteiger partial charge in [-0.3, -0.25) is 4.79 Å². The Morgan fingerprint density at radius 3 is 2.39 bits per heavy atom. The Kier molecular flexibility index (Phi) is 8.05. The van der Waals surface area contributed by atoms with E-state index in [4.69, 9.17) is 9.47 Å². The van der Waals surface area contributed by atoms with Gasteiger partial charge in [-0.25, -0.2) is 4.79 Å². The van der Waals surface area contributed by atoms with Gasteiger partial charge in [-0.15, -0.1) is 0 Å². The maximum absolute atomic E-state index is 12.4. The van der Waals surface area contributed by atoms with E-state index in [9.17, 15) is 9.59 Å². The molecule has 0 fully saturated rings. The number of hydrogen-bond acceptors (Lipinski definition) is 4. The van der Waals surface area contributed by atoms with Crippen molar-refractivity contribution in [3.05, 3.63) is 59.2 Å². The number of anilines is 1. The molecule has 0 bridgehead atoms. The molecule has 1 N–H and O–H groups in total. The van der Waals surface area contributed by atoms with Crippen molar-refractivity contribution in [2.45, 2.75) is 53.1 Å². The Labute approximate surface area is 167 Å². The minimum Gasteiger partial charge on any atom is -0.481 e. The van der Waals surface area contributed by atoms with Gasteiger partial charge < -0.3 is 14.8 Å². The molecule has 2 aromatic carbocycles. The van der Waals surface area contributed by atoms with Crippen molar-refractivity contribution in [3.8, 4) is 5.75 Å². The van der Waals surface area contributed by atoms with Crippen LogP contribution in [0.4, 0.5) is 5.69 Å². The standard InChI is InChI=1S/C23H29NO4/c1-5-6-7-14-27-23(26)19-9-11-20(12-10-19)24-22(25)18(4)28-21-13-8-16(2)15-17(21)3/h8-13,15,18H,5-7,14H2,1-4H3,(H,24,25). The third kappa shape index (κ3) is 6.41. The summed E-state index contributed by atoms with van der Waals surface area (Å²) in [6.45, 7) is 8.20. The van der Waals surface area contributed by atoms with Crippen LogP contribution in [0, 0.1) is 13.8 Å². The van der Waals surface area contributed by atoms with Crippen LogP contribution < -0.4 is 10.1 Å². The van der Waals surface area contributed by atoms with Crippen LogP contribution in [0.3, 0.4) is 0 Å². The van der Waals surface area contributed by atoms with Gasteiger partial charge in [-0.1, -0.05) is 37.5 Å². The lowest BCUT2D eigenvalue weighted by Gasteiger charge is -2.16. The maximum Gasteiger partial charge on any atom is 0.338 e. The van der Waals surface area contributed by atoms with E-state index < -0.39 is 6.10 Å². The van der Waals surface area contributed by atoms with Crippen LogP contribution in [0.1, 0.15) is 54.6 Å². The molecule has 0 saturated heterocycles. The fourth-order valence-corrected chi connectivity index (χ4v) is 2.71. The van der Waals surface area contributed by atoms with E-state index in [0.29, 0.717) is 23.6 Å². The molecular formula is C23H29NO4. The molecule has 0 heterocycles. The number of rotatable bonds is 9. The monoisotopic (exact) mass is 383 g/mol. The maximum atomic E-state index is 12.4. The number of aryl methyl sites for hydroxylation is 2. The third-order valence-electron chi connectivity index (χ3n) is 4.37. The quantitative estimate of drug-likeness (QED) is 0.486. The highest BCUT2D eigenvalue weighted by Crippen LogP contribution is 2.20. The normalized spacial score (nSPS) is 11.6. The second kappa shape index (κ2) is 10.5. The number of benzene rings is 2. The van der Waals surface area contributed by atoms with Gasteiger partial charge in [-0.2, -0.15) is 0 Å². The zero-order chi connectivity index (χ0) is 20.5. The number of hydrogen-bond donors (Lipinski definition) is 1. The van der Waals surface area contributed by atoms with Crippen molar-refractivity contribution in [2.75, 3.05) is 11.9 Å². The first kappa shape index (κ1) is 21.5. The van der Waals surface area contributed by atoms with Gasteiger partial charge in [0.2, 0.25) is 0 Å². The van der Waals surface area contributed by atoms with Gasteiger partial charge >= 0.3 is 5.97 Å². The Bertz CT molecular complexity index is 799. The smallest absolute Gasteiger partial charge is 0.338 e. The van der Waals surface area contributed by atoms with E-state index in [2.05, 4.69) is 12.2 Å². The molecule has 28 heavy (non-hydrogen) atoms. The number of unbranched alkanes of at least 4 members (excludes halogenated alkanes) is 2. The van der Waals surface area contributed by atoms with E-state index >= 15 is 0 Å². The van der Waals surface area contributed by atoms with Crippen LogP contribution in [-0.2, 0) is 9.53 Å². The molecule has 0 spiro atoms. The highest BCUT2D eigenvalue weighted by atomic mass is 16.5. The first-order valence-electron chi connectivity index (χ1n) is 9.72. The largest absolute Gasteiger partial charge is 0.481 e. The average Bonchev–Trinajstić information content (AvgIpc) is 2.67. The van der Waals surface area contributed by atoms with E-state index in [-0.39, 0.29) is 11.9 Å². The molecule has 0 aliphatic rings. The summed E-state index contributed by atoms with van der Waals surface area (Å²) in [5.74, 6) is 0.0878. The molecule has 150 valence electrons. The number of esters is 1. The molecule has 0 aliphatic heterocycles. The highest BCUT2D eigenvalue weighted by Gasteiger charge is 2.16. The van der Waals surface area contributed by atoms with Crippen LogP contribution in [0.15, 0.2) is 42.5 Å². The lowest BCUT2D eigenvalue weighted by molar-refractivity contribution is -0.122. The molecule has 1 atom stereocenters. The van der Waals surface area contributed by atoms with Crippen LogP contribution in [0.5, 0.6) is 5.75 Å². The van der Waals surface area contributed by atoms with Crippen LogP contribution in [0.25, 0.3) is 0 Å². The summed E-state index contributed by atoms with van der Waals surface area (Å²) in [6, 6.07) is 12.5. The molecule has 5 nitrogen and oxygen atoms in total. The molecule has 1 unspecified atom stereocenters. The summed E-state index contributed by atoms with van der Waals surface area (Å²) in [4.78, 5) is 24.4.